The number of aromatic nitrogens is 2. The van der Waals surface area contributed by atoms with Crippen LogP contribution in [0.2, 0.25) is 0 Å². The number of H-pyrrole nitrogens is 1. The molecule has 2 aromatic rings. The van der Waals surface area contributed by atoms with Gasteiger partial charge in [0.05, 0.1) is 17.8 Å². The van der Waals surface area contributed by atoms with Crippen LogP contribution in [0.25, 0.3) is 10.9 Å². The van der Waals surface area contributed by atoms with E-state index in [0.29, 0.717) is 12.0 Å². The Morgan fingerprint density at radius 3 is 3.19 bits per heavy atom. The summed E-state index contributed by atoms with van der Waals surface area (Å²) in [5, 5.41) is 9.67. The number of hydrogen-bond donors (Lipinski definition) is 1. The van der Waals surface area contributed by atoms with Crippen LogP contribution in [0.5, 0.6) is 0 Å². The number of aromatic amines is 1. The van der Waals surface area contributed by atoms with Gasteiger partial charge in [-0.1, -0.05) is 0 Å². The molecule has 4 nitrogen and oxygen atoms in total. The lowest BCUT2D eigenvalue weighted by molar-refractivity contribution is 0.732. The summed E-state index contributed by atoms with van der Waals surface area (Å²) in [6.45, 7) is 1.80. The molecule has 80 valence electrons. The summed E-state index contributed by atoms with van der Waals surface area (Å²) in [4.78, 5) is 18.4. The molecule has 0 aromatic carbocycles. The Kier molecular flexibility index (Phi) is 2.69. The molecule has 1 atom stereocenters. The van der Waals surface area contributed by atoms with Gasteiger partial charge in [-0.25, -0.2) is 0 Å². The van der Waals surface area contributed by atoms with Crippen LogP contribution in [-0.2, 0) is 6.42 Å². The highest BCUT2D eigenvalue weighted by atomic mass is 16.1. The van der Waals surface area contributed by atoms with E-state index in [-0.39, 0.29) is 11.5 Å². The summed E-state index contributed by atoms with van der Waals surface area (Å²) in [5.74, 6) is -0.152. The minimum atomic E-state index is -0.152. The maximum absolute atomic E-state index is 11.7. The fourth-order valence-corrected chi connectivity index (χ4v) is 1.62. The van der Waals surface area contributed by atoms with Crippen molar-refractivity contribution in [3.05, 3.63) is 40.4 Å². The third kappa shape index (κ3) is 1.94. The van der Waals surface area contributed by atoms with Gasteiger partial charge in [0.1, 0.15) is 0 Å². The van der Waals surface area contributed by atoms with Crippen molar-refractivity contribution in [2.45, 2.75) is 13.3 Å². The van der Waals surface area contributed by atoms with Gasteiger partial charge in [-0.05, 0) is 25.5 Å². The second-order valence-corrected chi connectivity index (χ2v) is 3.82. The van der Waals surface area contributed by atoms with Crippen LogP contribution < -0.4 is 5.56 Å². The van der Waals surface area contributed by atoms with Crippen LogP contribution in [0.15, 0.2) is 29.3 Å². The smallest absolute Gasteiger partial charge is 0.251 e. The average molecular weight is 213 g/mol. The van der Waals surface area contributed by atoms with Crippen molar-refractivity contribution in [2.75, 3.05) is 0 Å². The molecule has 0 aliphatic heterocycles. The lowest BCUT2D eigenvalue weighted by Crippen LogP contribution is -2.14. The van der Waals surface area contributed by atoms with Crippen LogP contribution in [0, 0.1) is 17.2 Å². The number of nitrogens with zero attached hydrogens (tertiary/aromatic N) is 2. The molecule has 1 unspecified atom stereocenters. The molecule has 2 heterocycles. The molecule has 0 aliphatic rings. The second-order valence-electron chi connectivity index (χ2n) is 3.82. The number of rotatable bonds is 2. The van der Waals surface area contributed by atoms with Crippen molar-refractivity contribution >= 4 is 10.9 Å². The van der Waals surface area contributed by atoms with Crippen LogP contribution in [0.1, 0.15) is 12.5 Å². The Morgan fingerprint density at radius 1 is 1.62 bits per heavy atom. The predicted molar refractivity (Wildman–Crippen MR) is 60.8 cm³/mol. The Bertz CT molecular complexity index is 609. The first-order chi connectivity index (χ1) is 7.70. The van der Waals surface area contributed by atoms with Crippen molar-refractivity contribution in [2.24, 2.45) is 5.92 Å². The largest absolute Gasteiger partial charge is 0.320 e. The number of nitrogens with one attached hydrogen (secondary N) is 1. The lowest BCUT2D eigenvalue weighted by Gasteiger charge is -2.03. The standard InChI is InChI=1S/C12H11N3O/c1-8(6-13)4-10-5-9-2-3-14-7-11(9)15-12(10)16/h2-3,5,7-8H,4H2,1H3,(H,15,16). The average Bonchev–Trinajstić information content (AvgIpc) is 2.30. The highest BCUT2D eigenvalue weighted by Crippen LogP contribution is 2.11. The van der Waals surface area contributed by atoms with E-state index in [9.17, 15) is 4.79 Å². The SMILES string of the molecule is CC(C#N)Cc1cc2ccncc2[nH]c1=O. The normalized spacial score (nSPS) is 12.2. The number of nitriles is 1. The van der Waals surface area contributed by atoms with Crippen molar-refractivity contribution in [3.63, 3.8) is 0 Å². The van der Waals surface area contributed by atoms with E-state index in [1.54, 1.807) is 19.3 Å². The molecule has 0 aliphatic carbocycles. The van der Waals surface area contributed by atoms with Gasteiger partial charge in [0, 0.05) is 23.1 Å². The Labute approximate surface area is 92.6 Å². The van der Waals surface area contributed by atoms with E-state index in [0.717, 1.165) is 10.9 Å². The lowest BCUT2D eigenvalue weighted by atomic mass is 10.0. The first-order valence-corrected chi connectivity index (χ1v) is 5.06. The quantitative estimate of drug-likeness (QED) is 0.824. The van der Waals surface area contributed by atoms with E-state index in [2.05, 4.69) is 16.0 Å². The first-order valence-electron chi connectivity index (χ1n) is 5.06. The molecule has 2 rings (SSSR count). The van der Waals surface area contributed by atoms with Crippen LogP contribution in [-0.4, -0.2) is 9.97 Å². The molecule has 0 bridgehead atoms. The van der Waals surface area contributed by atoms with Gasteiger partial charge >= 0.3 is 0 Å². The molecule has 0 radical (unpaired) electrons. The molecule has 1 N–H and O–H groups in total. The first kappa shape index (κ1) is 10.4. The minimum Gasteiger partial charge on any atom is -0.320 e. The molecule has 0 saturated heterocycles. The molecule has 0 spiro atoms. The van der Waals surface area contributed by atoms with Gasteiger partial charge in [0.25, 0.3) is 5.56 Å². The molecule has 0 fully saturated rings. The summed E-state index contributed by atoms with van der Waals surface area (Å²) in [5.41, 5.74) is 1.23. The van der Waals surface area contributed by atoms with Gasteiger partial charge in [0.2, 0.25) is 0 Å². The monoisotopic (exact) mass is 213 g/mol. The van der Waals surface area contributed by atoms with E-state index in [4.69, 9.17) is 5.26 Å². The fourth-order valence-electron chi connectivity index (χ4n) is 1.62. The van der Waals surface area contributed by atoms with Gasteiger partial charge in [-0.2, -0.15) is 5.26 Å². The fraction of sp³-hybridized carbons (Fsp3) is 0.250. The highest BCUT2D eigenvalue weighted by Gasteiger charge is 2.07. The second kappa shape index (κ2) is 4.15. The number of pyridine rings is 2. The molecule has 2 aromatic heterocycles. The summed E-state index contributed by atoms with van der Waals surface area (Å²) >= 11 is 0. The van der Waals surface area contributed by atoms with Crippen LogP contribution in [0.4, 0.5) is 0 Å². The number of fused-ring (bicyclic) bond motifs is 1. The van der Waals surface area contributed by atoms with Crippen molar-refractivity contribution in [1.82, 2.24) is 9.97 Å². The Morgan fingerprint density at radius 2 is 2.44 bits per heavy atom. The van der Waals surface area contributed by atoms with Gasteiger partial charge in [-0.3, -0.25) is 9.78 Å². The van der Waals surface area contributed by atoms with Crippen molar-refractivity contribution in [3.8, 4) is 6.07 Å². The van der Waals surface area contributed by atoms with E-state index >= 15 is 0 Å². The molecule has 0 amide bonds. The third-order valence-electron chi connectivity index (χ3n) is 2.47. The van der Waals surface area contributed by atoms with Gasteiger partial charge in [0.15, 0.2) is 0 Å². The number of hydrogen-bond acceptors (Lipinski definition) is 3. The molecular formula is C12H11N3O. The maximum Gasteiger partial charge on any atom is 0.251 e. The molecule has 4 heteroatoms. The topological polar surface area (TPSA) is 69.5 Å². The minimum absolute atomic E-state index is 0.136. The van der Waals surface area contributed by atoms with Crippen molar-refractivity contribution < 1.29 is 0 Å². The molecular weight excluding hydrogens is 202 g/mol. The maximum atomic E-state index is 11.7. The Balaban J connectivity index is 2.51. The van der Waals surface area contributed by atoms with Crippen LogP contribution in [0.3, 0.4) is 0 Å². The van der Waals surface area contributed by atoms with E-state index in [1.165, 1.54) is 0 Å². The summed E-state index contributed by atoms with van der Waals surface area (Å²) in [7, 11) is 0. The van der Waals surface area contributed by atoms with Gasteiger partial charge in [-0.15, -0.1) is 0 Å². The van der Waals surface area contributed by atoms with Gasteiger partial charge < -0.3 is 4.98 Å². The Hall–Kier alpha value is -2.15. The zero-order valence-corrected chi connectivity index (χ0v) is 8.90. The summed E-state index contributed by atoms with van der Waals surface area (Å²) in [6, 6.07) is 5.79. The summed E-state index contributed by atoms with van der Waals surface area (Å²) in [6.07, 6.45) is 3.77. The van der Waals surface area contributed by atoms with E-state index < -0.39 is 0 Å². The predicted octanol–water partition coefficient (Wildman–Crippen LogP) is 1.63. The third-order valence-corrected chi connectivity index (χ3v) is 2.47. The van der Waals surface area contributed by atoms with Crippen LogP contribution >= 0.6 is 0 Å². The summed E-state index contributed by atoms with van der Waals surface area (Å²) < 4.78 is 0. The molecule has 16 heavy (non-hydrogen) atoms. The highest BCUT2D eigenvalue weighted by molar-refractivity contribution is 5.77. The van der Waals surface area contributed by atoms with E-state index in [1.807, 2.05) is 12.1 Å². The van der Waals surface area contributed by atoms with Crippen molar-refractivity contribution in [1.29, 1.82) is 5.26 Å². The zero-order chi connectivity index (χ0) is 11.5. The zero-order valence-electron chi connectivity index (χ0n) is 8.90. The molecule has 0 saturated carbocycles.